The summed E-state index contributed by atoms with van der Waals surface area (Å²) < 4.78 is 10.7. The van der Waals surface area contributed by atoms with E-state index in [9.17, 15) is 4.79 Å². The first-order chi connectivity index (χ1) is 14.1. The SMILES string of the molecule is CCC(Cc1ccccc1)(C(=O)c1ccc(C=S)cc1)N(CCOC)CCOC. The van der Waals surface area contributed by atoms with Crippen LogP contribution >= 0.6 is 12.2 Å². The second-order valence-electron chi connectivity index (χ2n) is 7.09. The number of hydrogen-bond donors (Lipinski definition) is 0. The van der Waals surface area contributed by atoms with Gasteiger partial charge in [-0.25, -0.2) is 0 Å². The average molecular weight is 414 g/mol. The van der Waals surface area contributed by atoms with Crippen LogP contribution in [0.4, 0.5) is 0 Å². The van der Waals surface area contributed by atoms with Crippen LogP contribution in [0.3, 0.4) is 0 Å². The molecule has 156 valence electrons. The minimum atomic E-state index is -0.683. The Hall–Kier alpha value is -1.92. The zero-order valence-corrected chi connectivity index (χ0v) is 18.4. The minimum Gasteiger partial charge on any atom is -0.383 e. The van der Waals surface area contributed by atoms with E-state index in [1.807, 2.05) is 42.5 Å². The standard InChI is InChI=1S/C24H31NO3S/c1-4-24(18-20-8-6-5-7-9-20,25(14-16-27-2)15-17-28-3)23(26)22-12-10-21(19-29)11-13-22/h5-13,19H,4,14-18H2,1-3H3. The number of benzene rings is 2. The minimum absolute atomic E-state index is 0.118. The molecule has 1 unspecified atom stereocenters. The molecule has 1 atom stereocenters. The van der Waals surface area contributed by atoms with Gasteiger partial charge in [0.15, 0.2) is 5.78 Å². The van der Waals surface area contributed by atoms with Crippen LogP contribution in [0.25, 0.3) is 0 Å². The Kier molecular flexibility index (Phi) is 9.61. The molecular weight excluding hydrogens is 382 g/mol. The smallest absolute Gasteiger partial charge is 0.183 e. The fourth-order valence-corrected chi connectivity index (χ4v) is 3.86. The highest BCUT2D eigenvalue weighted by molar-refractivity contribution is 7.79. The Morgan fingerprint density at radius 1 is 1.00 bits per heavy atom. The van der Waals surface area contributed by atoms with Gasteiger partial charge in [-0.3, -0.25) is 9.69 Å². The first-order valence-corrected chi connectivity index (χ1v) is 10.4. The van der Waals surface area contributed by atoms with Gasteiger partial charge in [-0.2, -0.15) is 0 Å². The summed E-state index contributed by atoms with van der Waals surface area (Å²) in [5.74, 6) is 0.118. The predicted molar refractivity (Wildman–Crippen MR) is 122 cm³/mol. The van der Waals surface area contributed by atoms with Gasteiger partial charge >= 0.3 is 0 Å². The van der Waals surface area contributed by atoms with E-state index < -0.39 is 5.54 Å². The molecule has 0 saturated heterocycles. The number of carbonyl (C=O) groups is 1. The van der Waals surface area contributed by atoms with Crippen LogP contribution in [0.2, 0.25) is 0 Å². The number of nitrogens with zero attached hydrogens (tertiary/aromatic N) is 1. The maximum Gasteiger partial charge on any atom is 0.183 e. The van der Waals surface area contributed by atoms with Crippen LogP contribution in [0.5, 0.6) is 0 Å². The molecule has 2 aromatic carbocycles. The van der Waals surface area contributed by atoms with Crippen molar-refractivity contribution in [1.29, 1.82) is 0 Å². The molecule has 0 radical (unpaired) electrons. The van der Waals surface area contributed by atoms with E-state index in [2.05, 4.69) is 24.0 Å². The van der Waals surface area contributed by atoms with Crippen molar-refractivity contribution in [2.24, 2.45) is 0 Å². The molecule has 0 heterocycles. The lowest BCUT2D eigenvalue weighted by Gasteiger charge is -2.42. The third-order valence-electron chi connectivity index (χ3n) is 5.39. The number of Topliss-reactive ketones (excluding diaryl/α,β-unsaturated/α-hetero) is 1. The van der Waals surface area contributed by atoms with Gasteiger partial charge in [-0.15, -0.1) is 0 Å². The van der Waals surface area contributed by atoms with E-state index in [1.165, 1.54) is 0 Å². The predicted octanol–water partition coefficient (Wildman–Crippen LogP) is 4.20. The number of rotatable bonds is 13. The lowest BCUT2D eigenvalue weighted by molar-refractivity contribution is 0.0274. The van der Waals surface area contributed by atoms with Gasteiger partial charge < -0.3 is 9.47 Å². The van der Waals surface area contributed by atoms with Gasteiger partial charge in [0.05, 0.1) is 18.8 Å². The van der Waals surface area contributed by atoms with E-state index in [0.717, 1.165) is 11.1 Å². The Morgan fingerprint density at radius 2 is 1.59 bits per heavy atom. The molecule has 0 amide bonds. The third kappa shape index (κ3) is 6.03. The average Bonchev–Trinajstić information content (AvgIpc) is 2.78. The molecule has 0 N–H and O–H groups in total. The summed E-state index contributed by atoms with van der Waals surface area (Å²) in [6, 6.07) is 17.7. The van der Waals surface area contributed by atoms with Crippen LogP contribution < -0.4 is 0 Å². The number of thiocarbonyl (C=S) groups is 1. The molecule has 0 aliphatic carbocycles. The molecule has 0 aliphatic heterocycles. The molecule has 5 heteroatoms. The second-order valence-corrected chi connectivity index (χ2v) is 7.32. The third-order valence-corrected chi connectivity index (χ3v) is 5.66. The van der Waals surface area contributed by atoms with Gasteiger partial charge in [0.2, 0.25) is 0 Å². The van der Waals surface area contributed by atoms with Gasteiger partial charge in [-0.1, -0.05) is 73.7 Å². The highest BCUT2D eigenvalue weighted by Gasteiger charge is 2.42. The van der Waals surface area contributed by atoms with E-state index in [1.54, 1.807) is 19.6 Å². The molecule has 2 rings (SSSR count). The maximum atomic E-state index is 13.9. The fourth-order valence-electron chi connectivity index (χ4n) is 3.70. The van der Waals surface area contributed by atoms with Gasteiger partial charge in [-0.05, 0) is 24.0 Å². The maximum absolute atomic E-state index is 13.9. The first-order valence-electron chi connectivity index (χ1n) is 9.98. The Morgan fingerprint density at radius 3 is 2.07 bits per heavy atom. The van der Waals surface area contributed by atoms with Crippen molar-refractivity contribution in [3.8, 4) is 0 Å². The Balaban J connectivity index is 2.49. The molecule has 0 aromatic heterocycles. The van der Waals surface area contributed by atoms with Crippen LogP contribution in [-0.2, 0) is 15.9 Å². The van der Waals surface area contributed by atoms with E-state index in [0.29, 0.717) is 44.7 Å². The van der Waals surface area contributed by atoms with Crippen molar-refractivity contribution >= 4 is 23.4 Å². The lowest BCUT2D eigenvalue weighted by atomic mass is 9.79. The monoisotopic (exact) mass is 413 g/mol. The molecule has 0 aliphatic rings. The highest BCUT2D eigenvalue weighted by atomic mass is 32.1. The first kappa shape index (κ1) is 23.4. The van der Waals surface area contributed by atoms with Crippen LogP contribution in [0.15, 0.2) is 54.6 Å². The summed E-state index contributed by atoms with van der Waals surface area (Å²) in [6.45, 7) is 4.50. The number of ketones is 1. The van der Waals surface area contributed by atoms with Gasteiger partial charge in [0, 0.05) is 38.2 Å². The van der Waals surface area contributed by atoms with Crippen LogP contribution in [0.1, 0.15) is 34.8 Å². The van der Waals surface area contributed by atoms with Crippen molar-refractivity contribution in [2.75, 3.05) is 40.5 Å². The summed E-state index contributed by atoms with van der Waals surface area (Å²) in [4.78, 5) is 16.1. The molecular formula is C24H31NO3S. The quantitative estimate of drug-likeness (QED) is 0.363. The van der Waals surface area contributed by atoms with Crippen molar-refractivity contribution in [1.82, 2.24) is 4.90 Å². The number of methoxy groups -OCH3 is 2. The summed E-state index contributed by atoms with van der Waals surface area (Å²) in [5.41, 5.74) is 2.08. The Labute approximate surface area is 179 Å². The fraction of sp³-hybridized carbons (Fsp3) is 0.417. The highest BCUT2D eigenvalue weighted by Crippen LogP contribution is 2.30. The number of hydrogen-bond acceptors (Lipinski definition) is 5. The summed E-state index contributed by atoms with van der Waals surface area (Å²) in [6.07, 6.45) is 1.31. The van der Waals surface area contributed by atoms with E-state index >= 15 is 0 Å². The number of ether oxygens (including phenoxy) is 2. The van der Waals surface area contributed by atoms with Crippen molar-refractivity contribution in [2.45, 2.75) is 25.3 Å². The lowest BCUT2D eigenvalue weighted by Crippen LogP contribution is -2.57. The topological polar surface area (TPSA) is 38.8 Å². The Bertz CT molecular complexity index is 755. The summed E-state index contributed by atoms with van der Waals surface area (Å²) in [5, 5.41) is 1.62. The number of carbonyl (C=O) groups excluding carboxylic acids is 1. The largest absolute Gasteiger partial charge is 0.383 e. The van der Waals surface area contributed by atoms with E-state index in [4.69, 9.17) is 21.7 Å². The van der Waals surface area contributed by atoms with Gasteiger partial charge in [0.1, 0.15) is 0 Å². The van der Waals surface area contributed by atoms with Crippen molar-refractivity contribution in [3.63, 3.8) is 0 Å². The van der Waals surface area contributed by atoms with Crippen LogP contribution in [-0.4, -0.2) is 62.1 Å². The van der Waals surface area contributed by atoms with Crippen LogP contribution in [0, 0.1) is 0 Å². The molecule has 0 bridgehead atoms. The molecule has 4 nitrogen and oxygen atoms in total. The summed E-state index contributed by atoms with van der Waals surface area (Å²) >= 11 is 5.00. The zero-order valence-electron chi connectivity index (χ0n) is 17.6. The van der Waals surface area contributed by atoms with E-state index in [-0.39, 0.29) is 5.78 Å². The molecule has 2 aromatic rings. The second kappa shape index (κ2) is 11.9. The zero-order chi connectivity index (χ0) is 21.1. The van der Waals surface area contributed by atoms with Crippen molar-refractivity contribution < 1.29 is 14.3 Å². The summed E-state index contributed by atoms with van der Waals surface area (Å²) in [7, 11) is 3.37. The van der Waals surface area contributed by atoms with Crippen molar-refractivity contribution in [3.05, 3.63) is 71.3 Å². The molecule has 0 spiro atoms. The molecule has 0 fully saturated rings. The van der Waals surface area contributed by atoms with Gasteiger partial charge in [0.25, 0.3) is 0 Å². The normalized spacial score (nSPS) is 13.2. The molecule has 29 heavy (non-hydrogen) atoms. The molecule has 0 saturated carbocycles.